The second kappa shape index (κ2) is 8.97. The lowest BCUT2D eigenvalue weighted by Gasteiger charge is -2.11. The molecular formula is C19H12BrF3N2O4S2. The Balaban J connectivity index is 1.88. The number of thioether (sulfide) groups is 1. The summed E-state index contributed by atoms with van der Waals surface area (Å²) in [6.07, 6.45) is -3.07. The molecule has 0 aromatic heterocycles. The van der Waals surface area contributed by atoms with E-state index in [1.807, 2.05) is 6.92 Å². The number of hydrogen-bond donors (Lipinski definition) is 0. The third-order valence-corrected chi connectivity index (χ3v) is 6.14. The first-order chi connectivity index (χ1) is 14.5. The summed E-state index contributed by atoms with van der Waals surface area (Å²) in [5.74, 6) is -0.384. The summed E-state index contributed by atoms with van der Waals surface area (Å²) in [7, 11) is 0. The van der Waals surface area contributed by atoms with Crippen molar-refractivity contribution < 1.29 is 27.6 Å². The Bertz CT molecular complexity index is 1120. The molecule has 3 rings (SSSR count). The Labute approximate surface area is 192 Å². The maximum absolute atomic E-state index is 12.9. The molecule has 162 valence electrons. The number of hydrogen-bond acceptors (Lipinski definition) is 6. The minimum atomic E-state index is -4.72. The Morgan fingerprint density at radius 1 is 1.26 bits per heavy atom. The maximum Gasteiger partial charge on any atom is 0.416 e. The zero-order valence-electron chi connectivity index (χ0n) is 15.6. The lowest BCUT2D eigenvalue weighted by Crippen LogP contribution is -2.27. The molecular weight excluding hydrogens is 521 g/mol. The average molecular weight is 533 g/mol. The van der Waals surface area contributed by atoms with E-state index < -0.39 is 22.4 Å². The van der Waals surface area contributed by atoms with Crippen molar-refractivity contribution in [2.75, 3.05) is 6.54 Å². The van der Waals surface area contributed by atoms with E-state index in [1.54, 1.807) is 18.2 Å². The van der Waals surface area contributed by atoms with Crippen LogP contribution in [0.2, 0.25) is 0 Å². The molecule has 0 aliphatic carbocycles. The van der Waals surface area contributed by atoms with E-state index in [4.69, 9.17) is 17.0 Å². The highest BCUT2D eigenvalue weighted by atomic mass is 79.9. The fraction of sp³-hybridized carbons (Fsp3) is 0.158. The van der Waals surface area contributed by atoms with Crippen LogP contribution in [0.5, 0.6) is 11.5 Å². The van der Waals surface area contributed by atoms with Gasteiger partial charge < -0.3 is 4.74 Å². The molecule has 0 N–H and O–H groups in total. The van der Waals surface area contributed by atoms with Gasteiger partial charge in [-0.2, -0.15) is 13.2 Å². The lowest BCUT2D eigenvalue weighted by molar-refractivity contribution is -0.385. The second-order valence-electron chi connectivity index (χ2n) is 6.16. The van der Waals surface area contributed by atoms with Gasteiger partial charge in [-0.3, -0.25) is 19.8 Å². The van der Waals surface area contributed by atoms with Crippen LogP contribution in [0, 0.1) is 10.1 Å². The van der Waals surface area contributed by atoms with Crippen LogP contribution in [0.25, 0.3) is 6.08 Å². The number of nitrogens with zero attached hydrogens (tertiary/aromatic N) is 2. The molecule has 0 unspecified atom stereocenters. The van der Waals surface area contributed by atoms with Crippen molar-refractivity contribution in [2.24, 2.45) is 0 Å². The van der Waals surface area contributed by atoms with Crippen molar-refractivity contribution in [1.29, 1.82) is 0 Å². The van der Waals surface area contributed by atoms with Gasteiger partial charge in [0.15, 0.2) is 0 Å². The molecule has 6 nitrogen and oxygen atoms in total. The zero-order chi connectivity index (χ0) is 22.9. The van der Waals surface area contributed by atoms with Crippen molar-refractivity contribution >= 4 is 61.9 Å². The molecule has 2 aromatic carbocycles. The molecule has 1 heterocycles. The molecule has 0 bridgehead atoms. The van der Waals surface area contributed by atoms with Crippen molar-refractivity contribution in [3.63, 3.8) is 0 Å². The van der Waals surface area contributed by atoms with Gasteiger partial charge in [-0.05, 0) is 58.8 Å². The van der Waals surface area contributed by atoms with E-state index >= 15 is 0 Å². The maximum atomic E-state index is 12.9. The molecule has 1 aliphatic rings. The van der Waals surface area contributed by atoms with Crippen LogP contribution in [0.1, 0.15) is 18.1 Å². The molecule has 2 aromatic rings. The van der Waals surface area contributed by atoms with Crippen LogP contribution in [0.15, 0.2) is 45.8 Å². The van der Waals surface area contributed by atoms with Crippen molar-refractivity contribution in [3.8, 4) is 11.5 Å². The molecule has 12 heteroatoms. The van der Waals surface area contributed by atoms with Gasteiger partial charge in [-0.25, -0.2) is 0 Å². The minimum Gasteiger partial charge on any atom is -0.449 e. The van der Waals surface area contributed by atoms with Crippen molar-refractivity contribution in [3.05, 3.63) is 67.0 Å². The van der Waals surface area contributed by atoms with E-state index in [2.05, 4.69) is 15.9 Å². The second-order valence-corrected chi connectivity index (χ2v) is 8.69. The number of likely N-dealkylation sites (N-methyl/N-ethyl adjacent to an activating group) is 1. The van der Waals surface area contributed by atoms with E-state index in [-0.39, 0.29) is 17.4 Å². The first-order valence-corrected chi connectivity index (χ1v) is 10.6. The van der Waals surface area contributed by atoms with Crippen LogP contribution >= 0.6 is 39.9 Å². The Kier molecular flexibility index (Phi) is 6.72. The van der Waals surface area contributed by atoms with Crippen molar-refractivity contribution in [1.82, 2.24) is 4.90 Å². The monoisotopic (exact) mass is 532 g/mol. The van der Waals surface area contributed by atoms with E-state index in [0.29, 0.717) is 37.9 Å². The number of benzene rings is 2. The minimum absolute atomic E-state index is 0.154. The molecule has 1 fully saturated rings. The SMILES string of the molecule is CCN1C(=O)/C(=C/c2ccc(Oc3ccc(C(F)(F)F)cc3[N+](=O)[O-])c(Br)c2)SC1=S. The summed E-state index contributed by atoms with van der Waals surface area (Å²) in [4.78, 5) is 24.5. The molecule has 0 saturated carbocycles. The summed E-state index contributed by atoms with van der Waals surface area (Å²) in [5, 5.41) is 11.2. The van der Waals surface area contributed by atoms with Gasteiger partial charge in [0.05, 0.1) is 19.9 Å². The summed E-state index contributed by atoms with van der Waals surface area (Å²) in [6.45, 7) is 2.28. The highest BCUT2D eigenvalue weighted by molar-refractivity contribution is 9.10. The third kappa shape index (κ3) is 5.08. The molecule has 31 heavy (non-hydrogen) atoms. The van der Waals surface area contributed by atoms with E-state index in [1.165, 1.54) is 22.7 Å². The number of ether oxygens (including phenoxy) is 1. The summed E-state index contributed by atoms with van der Waals surface area (Å²) in [6, 6.07) is 6.74. The number of nitro benzene ring substituents is 1. The van der Waals surface area contributed by atoms with Gasteiger partial charge in [0.1, 0.15) is 10.1 Å². The number of nitro groups is 1. The molecule has 1 aliphatic heterocycles. The predicted octanol–water partition coefficient (Wildman–Crippen LogP) is 6.39. The fourth-order valence-electron chi connectivity index (χ4n) is 2.65. The van der Waals surface area contributed by atoms with Gasteiger partial charge >= 0.3 is 11.9 Å². The van der Waals surface area contributed by atoms with Gasteiger partial charge in [-0.1, -0.05) is 30.0 Å². The van der Waals surface area contributed by atoms with Gasteiger partial charge in [0, 0.05) is 12.6 Å². The number of alkyl halides is 3. The van der Waals surface area contributed by atoms with Crippen LogP contribution in [-0.4, -0.2) is 26.6 Å². The number of amides is 1. The quantitative estimate of drug-likeness (QED) is 0.192. The highest BCUT2D eigenvalue weighted by Crippen LogP contribution is 2.40. The molecule has 0 spiro atoms. The van der Waals surface area contributed by atoms with Gasteiger partial charge in [-0.15, -0.1) is 0 Å². The van der Waals surface area contributed by atoms with Crippen LogP contribution in [0.3, 0.4) is 0 Å². The smallest absolute Gasteiger partial charge is 0.416 e. The Morgan fingerprint density at radius 3 is 2.48 bits per heavy atom. The number of halogens is 4. The Hall–Kier alpha value is -2.44. The molecule has 0 radical (unpaired) electrons. The summed E-state index contributed by atoms with van der Waals surface area (Å²) >= 11 is 9.63. The number of thiocarbonyl (C=S) groups is 1. The topological polar surface area (TPSA) is 72.7 Å². The van der Waals surface area contributed by atoms with Crippen LogP contribution in [0.4, 0.5) is 18.9 Å². The third-order valence-electron chi connectivity index (χ3n) is 4.15. The van der Waals surface area contributed by atoms with Crippen LogP contribution < -0.4 is 4.74 Å². The summed E-state index contributed by atoms with van der Waals surface area (Å²) in [5.41, 5.74) is -1.32. The molecule has 1 amide bonds. The molecule has 1 saturated heterocycles. The Morgan fingerprint density at radius 2 is 1.94 bits per heavy atom. The molecule has 0 atom stereocenters. The normalized spacial score (nSPS) is 15.6. The number of rotatable bonds is 5. The standard InChI is InChI=1S/C19H12BrF3N2O4S2/c1-2-24-17(26)16(31-18(24)30)8-10-3-5-14(12(20)7-10)29-15-6-4-11(19(21,22)23)9-13(15)25(27)28/h3-9H,2H2,1H3/b16-8-. The predicted molar refractivity (Wildman–Crippen MR) is 118 cm³/mol. The first kappa shape index (κ1) is 23.2. The lowest BCUT2D eigenvalue weighted by atomic mass is 10.1. The van der Waals surface area contributed by atoms with Crippen molar-refractivity contribution in [2.45, 2.75) is 13.1 Å². The zero-order valence-corrected chi connectivity index (χ0v) is 18.8. The van der Waals surface area contributed by atoms with E-state index in [9.17, 15) is 28.1 Å². The van der Waals surface area contributed by atoms with E-state index in [0.717, 1.165) is 6.07 Å². The number of carbonyl (C=O) groups excluding carboxylic acids is 1. The fourth-order valence-corrected chi connectivity index (χ4v) is 4.52. The first-order valence-electron chi connectivity index (χ1n) is 8.59. The average Bonchev–Trinajstić information content (AvgIpc) is 2.95. The van der Waals surface area contributed by atoms with Gasteiger partial charge in [0.25, 0.3) is 5.91 Å². The highest BCUT2D eigenvalue weighted by Gasteiger charge is 2.34. The summed E-state index contributed by atoms with van der Waals surface area (Å²) < 4.78 is 44.9. The van der Waals surface area contributed by atoms with Gasteiger partial charge in [0.2, 0.25) is 5.75 Å². The largest absolute Gasteiger partial charge is 0.449 e. The van der Waals surface area contributed by atoms with Crippen LogP contribution in [-0.2, 0) is 11.0 Å². The number of carbonyl (C=O) groups is 1.